The number of halogens is 5. The molecule has 1 aromatic carbocycles. The van der Waals surface area contributed by atoms with E-state index < -0.39 is 29.0 Å². The van der Waals surface area contributed by atoms with Crippen molar-refractivity contribution in [2.45, 2.75) is 38.9 Å². The van der Waals surface area contributed by atoms with Crippen molar-refractivity contribution in [3.8, 4) is 0 Å². The van der Waals surface area contributed by atoms with Crippen molar-refractivity contribution >= 4 is 29.0 Å². The van der Waals surface area contributed by atoms with Crippen LogP contribution >= 0.6 is 11.6 Å². The van der Waals surface area contributed by atoms with Crippen LogP contribution in [0.3, 0.4) is 0 Å². The number of alkyl halides is 3. The van der Waals surface area contributed by atoms with Crippen molar-refractivity contribution in [1.82, 2.24) is 24.4 Å². The lowest BCUT2D eigenvalue weighted by molar-refractivity contribution is -0.142. The highest BCUT2D eigenvalue weighted by molar-refractivity contribution is 6.33. The first-order valence-electron chi connectivity index (χ1n) is 10.1. The zero-order valence-electron chi connectivity index (χ0n) is 18.3. The van der Waals surface area contributed by atoms with E-state index in [1.165, 1.54) is 23.0 Å². The molecule has 3 heterocycles. The van der Waals surface area contributed by atoms with E-state index in [-0.39, 0.29) is 34.4 Å². The van der Waals surface area contributed by atoms with Crippen LogP contribution in [-0.4, -0.2) is 30.3 Å². The van der Waals surface area contributed by atoms with Crippen LogP contribution in [0.5, 0.6) is 0 Å². The maximum absolute atomic E-state index is 13.7. The number of nitrogens with one attached hydrogen (secondary N) is 1. The van der Waals surface area contributed by atoms with Crippen molar-refractivity contribution in [3.05, 3.63) is 76.1 Å². The molecule has 1 N–H and O–H groups in total. The second-order valence-corrected chi connectivity index (χ2v) is 9.09. The molecular weight excluding hydrogens is 476 g/mol. The minimum atomic E-state index is -4.71. The van der Waals surface area contributed by atoms with E-state index >= 15 is 0 Å². The van der Waals surface area contributed by atoms with Crippen molar-refractivity contribution < 1.29 is 22.4 Å². The normalized spacial score (nSPS) is 12.4. The highest BCUT2D eigenvalue weighted by Gasteiger charge is 2.36. The molecule has 34 heavy (non-hydrogen) atoms. The van der Waals surface area contributed by atoms with Crippen LogP contribution in [0.25, 0.3) is 5.65 Å². The zero-order chi connectivity index (χ0) is 24.8. The Kier molecular flexibility index (Phi) is 5.84. The molecule has 0 aliphatic heterocycles. The van der Waals surface area contributed by atoms with Crippen LogP contribution in [0, 0.1) is 5.82 Å². The minimum absolute atomic E-state index is 0.0143. The summed E-state index contributed by atoms with van der Waals surface area (Å²) in [6.45, 7) is 5.39. The molecule has 0 saturated carbocycles. The Morgan fingerprint density at radius 3 is 2.50 bits per heavy atom. The summed E-state index contributed by atoms with van der Waals surface area (Å²) in [5.41, 5.74) is -1.28. The molecule has 0 bridgehead atoms. The number of fused-ring (bicyclic) bond motifs is 1. The van der Waals surface area contributed by atoms with Gasteiger partial charge in [0.1, 0.15) is 16.5 Å². The molecule has 4 aromatic rings. The van der Waals surface area contributed by atoms with Gasteiger partial charge in [-0.05, 0) is 23.8 Å². The first-order chi connectivity index (χ1) is 15.8. The summed E-state index contributed by atoms with van der Waals surface area (Å²) in [5, 5.41) is 10.5. The molecule has 0 fully saturated rings. The van der Waals surface area contributed by atoms with Crippen LogP contribution in [-0.2, 0) is 18.1 Å². The summed E-state index contributed by atoms with van der Waals surface area (Å²) in [5.74, 6) is -1.23. The fourth-order valence-electron chi connectivity index (χ4n) is 3.23. The van der Waals surface area contributed by atoms with Gasteiger partial charge in [0, 0.05) is 17.7 Å². The summed E-state index contributed by atoms with van der Waals surface area (Å²) in [7, 11) is 0. The Bertz CT molecular complexity index is 1390. The first kappa shape index (κ1) is 23.7. The lowest BCUT2D eigenvalue weighted by Crippen LogP contribution is -2.20. The van der Waals surface area contributed by atoms with Gasteiger partial charge >= 0.3 is 6.18 Å². The second-order valence-electron chi connectivity index (χ2n) is 8.68. The molecule has 3 aromatic heterocycles. The quantitative estimate of drug-likeness (QED) is 0.389. The van der Waals surface area contributed by atoms with Gasteiger partial charge in [-0.15, -0.1) is 0 Å². The number of hydrogen-bond donors (Lipinski definition) is 1. The molecule has 0 unspecified atom stereocenters. The maximum Gasteiger partial charge on any atom is 0.433 e. The third-order valence-corrected chi connectivity index (χ3v) is 5.18. The Morgan fingerprint density at radius 2 is 1.85 bits per heavy atom. The van der Waals surface area contributed by atoms with Crippen LogP contribution in [0.1, 0.15) is 48.2 Å². The van der Waals surface area contributed by atoms with Crippen LogP contribution in [0.4, 0.5) is 23.4 Å². The number of benzene rings is 1. The second kappa shape index (κ2) is 8.39. The Hall–Kier alpha value is -3.47. The SMILES string of the molecule is CC(C)(C)c1cc(C(F)(F)F)n2nc(C(=O)Nc3nn(Cc4cccc(F)c4)cc3Cl)cc2n1. The largest absolute Gasteiger partial charge is 0.433 e. The smallest absolute Gasteiger partial charge is 0.302 e. The molecule has 0 spiro atoms. The summed E-state index contributed by atoms with van der Waals surface area (Å²) in [6, 6.07) is 7.98. The fraction of sp³-hybridized carbons (Fsp3) is 0.273. The monoisotopic (exact) mass is 494 g/mol. The summed E-state index contributed by atoms with van der Waals surface area (Å²) >= 11 is 6.15. The van der Waals surface area contributed by atoms with E-state index in [4.69, 9.17) is 11.6 Å². The van der Waals surface area contributed by atoms with Gasteiger partial charge in [0.2, 0.25) is 0 Å². The van der Waals surface area contributed by atoms with Crippen molar-refractivity contribution in [3.63, 3.8) is 0 Å². The Labute approximate surface area is 196 Å². The summed E-state index contributed by atoms with van der Waals surface area (Å²) in [4.78, 5) is 17.0. The third kappa shape index (κ3) is 4.89. The number of rotatable bonds is 4. The van der Waals surface area contributed by atoms with Gasteiger partial charge in [0.25, 0.3) is 5.91 Å². The van der Waals surface area contributed by atoms with Crippen molar-refractivity contribution in [1.29, 1.82) is 0 Å². The Morgan fingerprint density at radius 1 is 1.12 bits per heavy atom. The molecule has 0 aliphatic carbocycles. The van der Waals surface area contributed by atoms with Crippen molar-refractivity contribution in [2.75, 3.05) is 5.32 Å². The molecule has 12 heteroatoms. The third-order valence-electron chi connectivity index (χ3n) is 4.90. The number of amides is 1. The lowest BCUT2D eigenvalue weighted by Gasteiger charge is -2.19. The standard InChI is InChI=1S/C22H19ClF4N6O/c1-21(2,3)16-9-17(22(25,26)27)33-18(28-16)8-15(30-33)20(34)29-19-14(23)11-32(31-19)10-12-5-4-6-13(24)7-12/h4-9,11H,10H2,1-3H3,(H,29,31,34). The van der Waals surface area contributed by atoms with Gasteiger partial charge in [0.15, 0.2) is 17.2 Å². The van der Waals surface area contributed by atoms with Crippen LogP contribution in [0.2, 0.25) is 5.02 Å². The molecular formula is C22H19ClF4N6O. The highest BCUT2D eigenvalue weighted by atomic mass is 35.5. The van der Waals surface area contributed by atoms with Gasteiger partial charge in [-0.25, -0.2) is 13.9 Å². The lowest BCUT2D eigenvalue weighted by atomic mass is 9.91. The molecule has 178 valence electrons. The van der Waals surface area contributed by atoms with E-state index in [2.05, 4.69) is 20.5 Å². The molecule has 7 nitrogen and oxygen atoms in total. The topological polar surface area (TPSA) is 77.1 Å². The van der Waals surface area contributed by atoms with Gasteiger partial charge in [-0.1, -0.05) is 44.5 Å². The van der Waals surface area contributed by atoms with Gasteiger partial charge in [-0.3, -0.25) is 9.48 Å². The van der Waals surface area contributed by atoms with E-state index in [9.17, 15) is 22.4 Å². The summed E-state index contributed by atoms with van der Waals surface area (Å²) in [6.07, 6.45) is -3.27. The highest BCUT2D eigenvalue weighted by Crippen LogP contribution is 2.33. The number of anilines is 1. The van der Waals surface area contributed by atoms with Crippen LogP contribution < -0.4 is 5.32 Å². The molecule has 1 amide bonds. The number of hydrogen-bond acceptors (Lipinski definition) is 4. The zero-order valence-corrected chi connectivity index (χ0v) is 19.0. The van der Waals surface area contributed by atoms with Gasteiger partial charge in [0.05, 0.1) is 12.2 Å². The van der Waals surface area contributed by atoms with E-state index in [1.54, 1.807) is 32.9 Å². The van der Waals surface area contributed by atoms with E-state index in [0.29, 0.717) is 10.1 Å². The number of aromatic nitrogens is 5. The van der Waals surface area contributed by atoms with E-state index in [0.717, 1.165) is 12.1 Å². The molecule has 0 atom stereocenters. The molecule has 4 rings (SSSR count). The first-order valence-corrected chi connectivity index (χ1v) is 10.5. The summed E-state index contributed by atoms with van der Waals surface area (Å²) < 4.78 is 56.4. The van der Waals surface area contributed by atoms with E-state index in [1.807, 2.05) is 0 Å². The van der Waals surface area contributed by atoms with Gasteiger partial charge in [-0.2, -0.15) is 23.4 Å². The predicted molar refractivity (Wildman–Crippen MR) is 117 cm³/mol. The average molecular weight is 495 g/mol. The minimum Gasteiger partial charge on any atom is -0.302 e. The predicted octanol–water partition coefficient (Wildman–Crippen LogP) is 5.34. The fourth-order valence-corrected chi connectivity index (χ4v) is 3.43. The maximum atomic E-state index is 13.7. The molecule has 0 aliphatic rings. The Balaban J connectivity index is 1.63. The molecule has 0 radical (unpaired) electrons. The number of nitrogens with zero attached hydrogens (tertiary/aromatic N) is 5. The molecule has 0 saturated heterocycles. The van der Waals surface area contributed by atoms with Gasteiger partial charge < -0.3 is 5.32 Å². The number of carbonyl (C=O) groups is 1. The van der Waals surface area contributed by atoms with Crippen LogP contribution in [0.15, 0.2) is 42.6 Å². The number of carbonyl (C=O) groups excluding carboxylic acids is 1. The average Bonchev–Trinajstić information content (AvgIpc) is 3.29. The van der Waals surface area contributed by atoms with Crippen molar-refractivity contribution in [2.24, 2.45) is 0 Å².